The highest BCUT2D eigenvalue weighted by molar-refractivity contribution is 6.30. The fraction of sp³-hybridized carbons (Fsp3) is 0.320. The molecule has 5 unspecified atom stereocenters. The van der Waals surface area contributed by atoms with Crippen LogP contribution in [0.3, 0.4) is 0 Å². The van der Waals surface area contributed by atoms with Crippen LogP contribution in [0.5, 0.6) is 0 Å². The Hall–Kier alpha value is -2.96. The number of carbonyl (C=O) groups excluding carboxylic acids is 3. The lowest BCUT2D eigenvalue weighted by Gasteiger charge is -2.58. The topological polar surface area (TPSA) is 78.9 Å². The van der Waals surface area contributed by atoms with Gasteiger partial charge < -0.3 is 14.2 Å². The summed E-state index contributed by atoms with van der Waals surface area (Å²) in [6.07, 6.45) is 0.453. The molecule has 0 aromatic heterocycles. The number of hydrogen-bond donors (Lipinski definition) is 0. The molecule has 1 heterocycles. The zero-order valence-electron chi connectivity index (χ0n) is 17.6. The fourth-order valence-electron chi connectivity index (χ4n) is 5.71. The van der Waals surface area contributed by atoms with Gasteiger partial charge in [-0.2, -0.15) is 0 Å². The Balaban J connectivity index is 1.76. The van der Waals surface area contributed by atoms with Crippen molar-refractivity contribution in [3.63, 3.8) is 0 Å². The monoisotopic (exact) mass is 452 g/mol. The van der Waals surface area contributed by atoms with Gasteiger partial charge in [0.2, 0.25) is 0 Å². The van der Waals surface area contributed by atoms with E-state index >= 15 is 0 Å². The number of benzene rings is 2. The van der Waals surface area contributed by atoms with Gasteiger partial charge in [-0.05, 0) is 48.2 Å². The number of cyclic esters (lactones) is 2. The van der Waals surface area contributed by atoms with Crippen LogP contribution in [0.15, 0.2) is 55.1 Å². The summed E-state index contributed by atoms with van der Waals surface area (Å²) in [4.78, 5) is 37.9. The third kappa shape index (κ3) is 2.48. The van der Waals surface area contributed by atoms with Crippen molar-refractivity contribution < 1.29 is 28.6 Å². The van der Waals surface area contributed by atoms with Crippen molar-refractivity contribution in [1.29, 1.82) is 0 Å². The molecular formula is C25H21ClO6. The second kappa shape index (κ2) is 7.02. The molecule has 32 heavy (non-hydrogen) atoms. The van der Waals surface area contributed by atoms with Crippen molar-refractivity contribution in [2.45, 2.75) is 31.5 Å². The molecular weight excluding hydrogens is 432 g/mol. The molecule has 2 bridgehead atoms. The van der Waals surface area contributed by atoms with E-state index in [2.05, 4.69) is 6.58 Å². The minimum atomic E-state index is -1.35. The van der Waals surface area contributed by atoms with Crippen LogP contribution in [0.4, 0.5) is 0 Å². The van der Waals surface area contributed by atoms with Crippen molar-refractivity contribution in [1.82, 2.24) is 0 Å². The lowest BCUT2D eigenvalue weighted by atomic mass is 9.46. The molecule has 1 fully saturated rings. The summed E-state index contributed by atoms with van der Waals surface area (Å²) in [7, 11) is 0. The number of halogens is 1. The molecule has 0 spiro atoms. The Morgan fingerprint density at radius 1 is 1.22 bits per heavy atom. The molecule has 5 atom stereocenters. The minimum Gasteiger partial charge on any atom is -0.457 e. The van der Waals surface area contributed by atoms with Crippen LogP contribution in [0.25, 0.3) is 0 Å². The standard InChI is InChI=1S/C25H21ClO6/c1-4-19(27)31-13(2)12-30-25-17-8-6-5-7-15(17)20(16-10-9-14(26)11-18(16)25)21-22(28)32-23(29)24(21,25)3/h4-11,13,20-21H,1,12H2,2-3H3. The average molecular weight is 453 g/mol. The minimum absolute atomic E-state index is 0.0195. The van der Waals surface area contributed by atoms with E-state index in [-0.39, 0.29) is 12.5 Å². The molecule has 1 aliphatic heterocycles. The quantitative estimate of drug-likeness (QED) is 0.389. The second-order valence-electron chi connectivity index (χ2n) is 8.63. The van der Waals surface area contributed by atoms with E-state index in [1.165, 1.54) is 0 Å². The van der Waals surface area contributed by atoms with E-state index < -0.39 is 40.9 Å². The number of carbonyl (C=O) groups is 3. The second-order valence-corrected chi connectivity index (χ2v) is 9.07. The van der Waals surface area contributed by atoms with Gasteiger partial charge in [-0.3, -0.25) is 9.59 Å². The molecule has 1 saturated heterocycles. The van der Waals surface area contributed by atoms with Crippen molar-refractivity contribution in [2.24, 2.45) is 11.3 Å². The molecule has 0 radical (unpaired) electrons. The van der Waals surface area contributed by atoms with E-state index in [0.29, 0.717) is 5.02 Å². The Morgan fingerprint density at radius 3 is 2.69 bits per heavy atom. The molecule has 2 aromatic rings. The highest BCUT2D eigenvalue weighted by Crippen LogP contribution is 2.69. The summed E-state index contributed by atoms with van der Waals surface area (Å²) in [6.45, 7) is 6.80. The maximum absolute atomic E-state index is 13.3. The fourth-order valence-corrected chi connectivity index (χ4v) is 5.88. The first kappa shape index (κ1) is 20.9. The van der Waals surface area contributed by atoms with Gasteiger partial charge in [0, 0.05) is 17.0 Å². The zero-order valence-corrected chi connectivity index (χ0v) is 18.3. The maximum Gasteiger partial charge on any atom is 0.330 e. The molecule has 6 nitrogen and oxygen atoms in total. The molecule has 0 amide bonds. The summed E-state index contributed by atoms with van der Waals surface area (Å²) >= 11 is 6.39. The van der Waals surface area contributed by atoms with Gasteiger partial charge in [-0.25, -0.2) is 4.79 Å². The summed E-state index contributed by atoms with van der Waals surface area (Å²) in [5.74, 6) is -2.87. The van der Waals surface area contributed by atoms with Crippen LogP contribution < -0.4 is 0 Å². The first-order valence-electron chi connectivity index (χ1n) is 10.4. The van der Waals surface area contributed by atoms with E-state index in [0.717, 1.165) is 28.3 Å². The summed E-state index contributed by atoms with van der Waals surface area (Å²) < 4.78 is 17.1. The number of hydrogen-bond acceptors (Lipinski definition) is 6. The van der Waals surface area contributed by atoms with Crippen LogP contribution in [0.2, 0.25) is 5.02 Å². The number of ether oxygens (including phenoxy) is 3. The van der Waals surface area contributed by atoms with Crippen molar-refractivity contribution in [3.05, 3.63) is 82.4 Å². The lowest BCUT2D eigenvalue weighted by molar-refractivity contribution is -0.182. The first-order valence-corrected chi connectivity index (χ1v) is 10.8. The Morgan fingerprint density at radius 2 is 1.94 bits per heavy atom. The van der Waals surface area contributed by atoms with E-state index in [4.69, 9.17) is 25.8 Å². The number of rotatable bonds is 5. The van der Waals surface area contributed by atoms with Crippen molar-refractivity contribution in [3.8, 4) is 0 Å². The highest BCUT2D eigenvalue weighted by Gasteiger charge is 2.75. The molecule has 4 aliphatic rings. The molecule has 6 rings (SSSR count). The van der Waals surface area contributed by atoms with E-state index in [1.807, 2.05) is 30.3 Å². The Bertz CT molecular complexity index is 1190. The van der Waals surface area contributed by atoms with Crippen LogP contribution in [0, 0.1) is 11.3 Å². The van der Waals surface area contributed by atoms with Gasteiger partial charge in [0.15, 0.2) is 0 Å². The van der Waals surface area contributed by atoms with Crippen molar-refractivity contribution in [2.75, 3.05) is 6.61 Å². The van der Waals surface area contributed by atoms with Gasteiger partial charge in [-0.1, -0.05) is 48.5 Å². The first-order chi connectivity index (χ1) is 15.3. The largest absolute Gasteiger partial charge is 0.457 e. The summed E-state index contributed by atoms with van der Waals surface area (Å²) in [6, 6.07) is 13.1. The SMILES string of the molecule is C=CC(=O)OC(C)COC12c3ccccc3C(c3ccc(Cl)cc31)C1C(=O)OC(=O)C12C. The normalized spacial score (nSPS) is 30.1. The van der Waals surface area contributed by atoms with Crippen LogP contribution in [-0.4, -0.2) is 30.6 Å². The van der Waals surface area contributed by atoms with E-state index in [9.17, 15) is 14.4 Å². The predicted octanol–water partition coefficient (Wildman–Crippen LogP) is 3.88. The van der Waals surface area contributed by atoms with Gasteiger partial charge >= 0.3 is 17.9 Å². The Labute approximate surface area is 190 Å². The van der Waals surface area contributed by atoms with Gasteiger partial charge in [0.1, 0.15) is 17.1 Å². The van der Waals surface area contributed by atoms with Crippen molar-refractivity contribution >= 4 is 29.5 Å². The van der Waals surface area contributed by atoms with Crippen LogP contribution in [0.1, 0.15) is 42.0 Å². The van der Waals surface area contributed by atoms with Crippen LogP contribution >= 0.6 is 11.6 Å². The van der Waals surface area contributed by atoms with E-state index in [1.54, 1.807) is 26.0 Å². The predicted molar refractivity (Wildman–Crippen MR) is 115 cm³/mol. The average Bonchev–Trinajstić information content (AvgIpc) is 3.01. The summed E-state index contributed by atoms with van der Waals surface area (Å²) in [5.41, 5.74) is 0.628. The van der Waals surface area contributed by atoms with Gasteiger partial charge in [-0.15, -0.1) is 0 Å². The third-order valence-electron chi connectivity index (χ3n) is 6.98. The lowest BCUT2D eigenvalue weighted by Crippen LogP contribution is -2.62. The maximum atomic E-state index is 13.3. The van der Waals surface area contributed by atoms with Crippen LogP contribution in [-0.2, 0) is 34.2 Å². The van der Waals surface area contributed by atoms with Gasteiger partial charge in [0.05, 0.1) is 12.5 Å². The molecule has 2 aromatic carbocycles. The highest BCUT2D eigenvalue weighted by atomic mass is 35.5. The van der Waals surface area contributed by atoms with Gasteiger partial charge in [0.25, 0.3) is 0 Å². The zero-order chi connectivity index (χ0) is 22.8. The molecule has 7 heteroatoms. The third-order valence-corrected chi connectivity index (χ3v) is 7.22. The molecule has 0 N–H and O–H groups in total. The Kier molecular flexibility index (Phi) is 4.59. The molecule has 0 saturated carbocycles. The smallest absolute Gasteiger partial charge is 0.330 e. The summed E-state index contributed by atoms with van der Waals surface area (Å²) in [5, 5.41) is 0.487. The molecule has 164 valence electrons. The number of esters is 3. The molecule has 3 aliphatic carbocycles.